The van der Waals surface area contributed by atoms with E-state index in [-0.39, 0.29) is 6.04 Å². The first-order chi connectivity index (χ1) is 14.3. The van der Waals surface area contributed by atoms with Crippen molar-refractivity contribution < 1.29 is 8.42 Å². The van der Waals surface area contributed by atoms with E-state index in [1.807, 2.05) is 32.3 Å². The number of piperidine rings is 1. The molecule has 0 amide bonds. The summed E-state index contributed by atoms with van der Waals surface area (Å²) in [7, 11) is 0.876. The zero-order chi connectivity index (χ0) is 21.3. The van der Waals surface area contributed by atoms with E-state index in [1.54, 1.807) is 15.6 Å². The van der Waals surface area contributed by atoms with Crippen molar-refractivity contribution in [3.05, 3.63) is 41.5 Å². The summed E-state index contributed by atoms with van der Waals surface area (Å²) in [5.41, 5.74) is 2.27. The molecule has 7 nitrogen and oxygen atoms in total. The number of rotatable bonds is 6. The molecule has 1 N–H and O–H groups in total. The SMILES string of the molecule is CN(C)Cc1nc(NC2CCN(S(C)(=O)=O)CC2)c2c(-c3ccccc3)csc2n1. The van der Waals surface area contributed by atoms with Crippen molar-refractivity contribution in [3.8, 4) is 11.1 Å². The van der Waals surface area contributed by atoms with Crippen LogP contribution in [0.3, 0.4) is 0 Å². The zero-order valence-corrected chi connectivity index (χ0v) is 19.1. The fourth-order valence-electron chi connectivity index (χ4n) is 3.80. The van der Waals surface area contributed by atoms with Gasteiger partial charge >= 0.3 is 0 Å². The van der Waals surface area contributed by atoms with E-state index in [2.05, 4.69) is 27.7 Å². The Morgan fingerprint density at radius 1 is 1.17 bits per heavy atom. The van der Waals surface area contributed by atoms with Gasteiger partial charge in [-0.05, 0) is 32.5 Å². The third-order valence-corrected chi connectivity index (χ3v) is 7.46. The van der Waals surface area contributed by atoms with Crippen LogP contribution in [0.15, 0.2) is 35.7 Å². The molecule has 160 valence electrons. The van der Waals surface area contributed by atoms with Gasteiger partial charge in [0.05, 0.1) is 18.2 Å². The van der Waals surface area contributed by atoms with Gasteiger partial charge in [0.15, 0.2) is 0 Å². The molecule has 0 saturated carbocycles. The minimum absolute atomic E-state index is 0.178. The van der Waals surface area contributed by atoms with E-state index < -0.39 is 10.0 Å². The Kier molecular flexibility index (Phi) is 6.06. The highest BCUT2D eigenvalue weighted by molar-refractivity contribution is 7.88. The lowest BCUT2D eigenvalue weighted by molar-refractivity contribution is 0.331. The maximum Gasteiger partial charge on any atom is 0.211 e. The normalized spacial score (nSPS) is 16.4. The molecule has 1 aliphatic heterocycles. The van der Waals surface area contributed by atoms with E-state index in [4.69, 9.17) is 9.97 Å². The summed E-state index contributed by atoms with van der Waals surface area (Å²) >= 11 is 1.63. The van der Waals surface area contributed by atoms with Crippen LogP contribution in [0.4, 0.5) is 5.82 Å². The lowest BCUT2D eigenvalue weighted by Gasteiger charge is -2.31. The topological polar surface area (TPSA) is 78.4 Å². The Balaban J connectivity index is 1.68. The van der Waals surface area contributed by atoms with Crippen LogP contribution < -0.4 is 5.32 Å². The summed E-state index contributed by atoms with van der Waals surface area (Å²) in [6.45, 7) is 1.73. The molecule has 0 aliphatic carbocycles. The fraction of sp³-hybridized carbons (Fsp3) is 0.429. The molecule has 0 unspecified atom stereocenters. The summed E-state index contributed by atoms with van der Waals surface area (Å²) < 4.78 is 25.2. The number of sulfonamides is 1. The second-order valence-corrected chi connectivity index (χ2v) is 10.8. The van der Waals surface area contributed by atoms with Gasteiger partial charge in [-0.15, -0.1) is 11.3 Å². The molecule has 9 heteroatoms. The van der Waals surface area contributed by atoms with Crippen LogP contribution in [0.25, 0.3) is 21.3 Å². The summed E-state index contributed by atoms with van der Waals surface area (Å²) in [5.74, 6) is 1.62. The van der Waals surface area contributed by atoms with Gasteiger partial charge in [0, 0.05) is 30.1 Å². The maximum absolute atomic E-state index is 11.8. The van der Waals surface area contributed by atoms with Gasteiger partial charge in [0.2, 0.25) is 10.0 Å². The maximum atomic E-state index is 11.8. The quantitative estimate of drug-likeness (QED) is 0.628. The molecule has 3 heterocycles. The molecule has 0 radical (unpaired) electrons. The smallest absolute Gasteiger partial charge is 0.211 e. The summed E-state index contributed by atoms with van der Waals surface area (Å²) in [6.07, 6.45) is 2.79. The Morgan fingerprint density at radius 2 is 1.87 bits per heavy atom. The molecule has 1 aliphatic rings. The first-order valence-corrected chi connectivity index (χ1v) is 12.7. The van der Waals surface area contributed by atoms with Crippen LogP contribution in [-0.2, 0) is 16.6 Å². The van der Waals surface area contributed by atoms with Gasteiger partial charge in [-0.1, -0.05) is 30.3 Å². The van der Waals surface area contributed by atoms with Crippen LogP contribution in [0.2, 0.25) is 0 Å². The highest BCUT2D eigenvalue weighted by Crippen LogP contribution is 2.37. The monoisotopic (exact) mass is 445 g/mol. The van der Waals surface area contributed by atoms with Gasteiger partial charge < -0.3 is 10.2 Å². The van der Waals surface area contributed by atoms with Crippen molar-refractivity contribution in [3.63, 3.8) is 0 Å². The van der Waals surface area contributed by atoms with Crippen molar-refractivity contribution in [1.29, 1.82) is 0 Å². The lowest BCUT2D eigenvalue weighted by Crippen LogP contribution is -2.42. The van der Waals surface area contributed by atoms with Crippen LogP contribution in [0.1, 0.15) is 18.7 Å². The number of hydrogen-bond donors (Lipinski definition) is 1. The third kappa shape index (κ3) is 4.64. The number of nitrogens with zero attached hydrogens (tertiary/aromatic N) is 4. The Labute approximate surface area is 181 Å². The number of benzene rings is 1. The molecule has 1 aromatic carbocycles. The molecule has 2 aromatic heterocycles. The van der Waals surface area contributed by atoms with E-state index in [1.165, 1.54) is 6.26 Å². The second kappa shape index (κ2) is 8.58. The molecular weight excluding hydrogens is 418 g/mol. The minimum Gasteiger partial charge on any atom is -0.367 e. The molecule has 0 spiro atoms. The second-order valence-electron chi connectivity index (χ2n) is 8.00. The standard InChI is InChI=1S/C21H27N5O2S2/c1-25(2)13-18-23-20(22-16-9-11-26(12-10-16)30(3,27)28)19-17(14-29-21(19)24-18)15-7-5-4-6-8-15/h4-8,14,16H,9-13H2,1-3H3,(H,22,23,24). The molecule has 4 rings (SSSR count). The predicted molar refractivity (Wildman–Crippen MR) is 123 cm³/mol. The molecule has 30 heavy (non-hydrogen) atoms. The van der Waals surface area contributed by atoms with Gasteiger partial charge in [-0.25, -0.2) is 22.7 Å². The average molecular weight is 446 g/mol. The third-order valence-electron chi connectivity index (χ3n) is 5.29. The van der Waals surface area contributed by atoms with Gasteiger partial charge in [0.1, 0.15) is 16.5 Å². The van der Waals surface area contributed by atoms with Crippen LogP contribution >= 0.6 is 11.3 Å². The van der Waals surface area contributed by atoms with Crippen LogP contribution in [0, 0.1) is 0 Å². The first-order valence-electron chi connectivity index (χ1n) is 10.0. The number of thiophene rings is 1. The molecule has 1 fully saturated rings. The first kappa shape index (κ1) is 21.2. The van der Waals surface area contributed by atoms with Gasteiger partial charge in [0.25, 0.3) is 0 Å². The largest absolute Gasteiger partial charge is 0.367 e. The van der Waals surface area contributed by atoms with Crippen molar-refractivity contribution in [2.24, 2.45) is 0 Å². The average Bonchev–Trinajstić information content (AvgIpc) is 3.12. The number of aromatic nitrogens is 2. The van der Waals surface area contributed by atoms with Crippen molar-refractivity contribution >= 4 is 37.4 Å². The highest BCUT2D eigenvalue weighted by atomic mass is 32.2. The van der Waals surface area contributed by atoms with Crippen LogP contribution in [0.5, 0.6) is 0 Å². The summed E-state index contributed by atoms with van der Waals surface area (Å²) in [6, 6.07) is 10.5. The van der Waals surface area contributed by atoms with E-state index in [0.717, 1.165) is 45.8 Å². The van der Waals surface area contributed by atoms with E-state index >= 15 is 0 Å². The Hall–Kier alpha value is -2.07. The predicted octanol–water partition coefficient (Wildman–Crippen LogP) is 3.26. The van der Waals surface area contributed by atoms with E-state index in [0.29, 0.717) is 19.6 Å². The van der Waals surface area contributed by atoms with Crippen LogP contribution in [-0.4, -0.2) is 67.1 Å². The molecule has 0 bridgehead atoms. The molecule has 0 atom stereocenters. The Morgan fingerprint density at radius 3 is 2.50 bits per heavy atom. The highest BCUT2D eigenvalue weighted by Gasteiger charge is 2.26. The molecular formula is C21H27N5O2S2. The van der Waals surface area contributed by atoms with Crippen molar-refractivity contribution in [2.45, 2.75) is 25.4 Å². The minimum atomic E-state index is -3.13. The number of fused-ring (bicyclic) bond motifs is 1. The number of anilines is 1. The van der Waals surface area contributed by atoms with Gasteiger partial charge in [-0.3, -0.25) is 0 Å². The van der Waals surface area contributed by atoms with Crippen molar-refractivity contribution in [1.82, 2.24) is 19.2 Å². The van der Waals surface area contributed by atoms with E-state index in [9.17, 15) is 8.42 Å². The van der Waals surface area contributed by atoms with Gasteiger partial charge in [-0.2, -0.15) is 0 Å². The summed E-state index contributed by atoms with van der Waals surface area (Å²) in [5, 5.41) is 6.81. The fourth-order valence-corrected chi connectivity index (χ4v) is 5.64. The Bertz CT molecular complexity index is 1120. The zero-order valence-electron chi connectivity index (χ0n) is 17.5. The number of nitrogens with one attached hydrogen (secondary N) is 1. The molecule has 3 aromatic rings. The molecule has 1 saturated heterocycles. The summed E-state index contributed by atoms with van der Waals surface area (Å²) in [4.78, 5) is 12.7. The lowest BCUT2D eigenvalue weighted by atomic mass is 10.0. The van der Waals surface area contributed by atoms with Crippen molar-refractivity contribution in [2.75, 3.05) is 38.8 Å². The number of hydrogen-bond acceptors (Lipinski definition) is 7.